The largest absolute Gasteiger partial charge is 0.365 e. The second-order valence-corrected chi connectivity index (χ2v) is 7.97. The van der Waals surface area contributed by atoms with Gasteiger partial charge in [0.25, 0.3) is 5.91 Å². The molecule has 0 aliphatic carbocycles. The van der Waals surface area contributed by atoms with E-state index in [0.29, 0.717) is 19.5 Å². The van der Waals surface area contributed by atoms with E-state index < -0.39 is 5.82 Å². The van der Waals surface area contributed by atoms with Crippen molar-refractivity contribution in [3.05, 3.63) is 95.7 Å². The Morgan fingerprint density at radius 3 is 2.88 bits per heavy atom. The van der Waals surface area contributed by atoms with E-state index in [1.807, 2.05) is 42.5 Å². The standard InChI is InChI=1S/C25H22FN5O/c26-22-9-8-17(14-23-20-6-2-1-5-18(20)15-28-30-23)13-21(22)25(32)31-12-10-19(16-31)29-24-7-3-4-11-27-24/h1-9,11,13,15,19H,10,12,14,16H2,(H,27,29)/t19-/m1/s1. The molecule has 2 aromatic heterocycles. The summed E-state index contributed by atoms with van der Waals surface area (Å²) in [6.45, 7) is 1.08. The van der Waals surface area contributed by atoms with Crippen LogP contribution in [0.25, 0.3) is 10.8 Å². The number of rotatable bonds is 5. The quantitative estimate of drug-likeness (QED) is 0.520. The fraction of sp³-hybridized carbons (Fsp3) is 0.200. The van der Waals surface area contributed by atoms with Crippen molar-refractivity contribution in [2.24, 2.45) is 0 Å². The zero-order valence-electron chi connectivity index (χ0n) is 17.4. The number of benzene rings is 2. The number of carbonyl (C=O) groups is 1. The summed E-state index contributed by atoms with van der Waals surface area (Å²) in [6.07, 6.45) is 4.70. The van der Waals surface area contributed by atoms with Crippen molar-refractivity contribution in [3.8, 4) is 0 Å². The van der Waals surface area contributed by atoms with Gasteiger partial charge in [-0.05, 0) is 36.2 Å². The van der Waals surface area contributed by atoms with Crippen LogP contribution in [0.15, 0.2) is 73.1 Å². The zero-order chi connectivity index (χ0) is 21.9. The van der Waals surface area contributed by atoms with Crippen LogP contribution in [0.3, 0.4) is 0 Å². The number of hydrogen-bond acceptors (Lipinski definition) is 5. The molecule has 1 fully saturated rings. The van der Waals surface area contributed by atoms with Crippen molar-refractivity contribution >= 4 is 22.5 Å². The van der Waals surface area contributed by atoms with Crippen LogP contribution in [0.2, 0.25) is 0 Å². The van der Waals surface area contributed by atoms with E-state index in [0.717, 1.165) is 34.3 Å². The maximum absolute atomic E-state index is 14.6. The van der Waals surface area contributed by atoms with Crippen molar-refractivity contribution in [1.82, 2.24) is 20.1 Å². The topological polar surface area (TPSA) is 71.0 Å². The average molecular weight is 427 g/mol. The fourth-order valence-electron chi connectivity index (χ4n) is 4.15. The molecule has 1 aliphatic heterocycles. The molecule has 4 aromatic rings. The fourth-order valence-corrected chi connectivity index (χ4v) is 4.15. The lowest BCUT2D eigenvalue weighted by molar-refractivity contribution is 0.0787. The molecule has 5 rings (SSSR count). The zero-order valence-corrected chi connectivity index (χ0v) is 17.4. The molecule has 1 N–H and O–H groups in total. The molecule has 0 radical (unpaired) electrons. The molecule has 0 unspecified atom stereocenters. The van der Waals surface area contributed by atoms with Gasteiger partial charge in [-0.1, -0.05) is 36.4 Å². The Morgan fingerprint density at radius 1 is 1.12 bits per heavy atom. The summed E-state index contributed by atoms with van der Waals surface area (Å²) in [5, 5.41) is 13.7. The maximum Gasteiger partial charge on any atom is 0.256 e. The lowest BCUT2D eigenvalue weighted by atomic mass is 10.0. The molecular weight excluding hydrogens is 405 g/mol. The molecule has 2 aromatic carbocycles. The monoisotopic (exact) mass is 427 g/mol. The van der Waals surface area contributed by atoms with Gasteiger partial charge >= 0.3 is 0 Å². The highest BCUT2D eigenvalue weighted by Crippen LogP contribution is 2.22. The van der Waals surface area contributed by atoms with Gasteiger partial charge in [-0.15, -0.1) is 0 Å². The molecule has 1 saturated heterocycles. The Hall–Kier alpha value is -3.87. The van der Waals surface area contributed by atoms with Crippen LogP contribution in [0, 0.1) is 5.82 Å². The van der Waals surface area contributed by atoms with Crippen LogP contribution in [0.4, 0.5) is 10.2 Å². The van der Waals surface area contributed by atoms with E-state index in [4.69, 9.17) is 0 Å². The number of aromatic nitrogens is 3. The molecule has 7 heteroatoms. The van der Waals surface area contributed by atoms with Crippen LogP contribution >= 0.6 is 0 Å². The van der Waals surface area contributed by atoms with Crippen molar-refractivity contribution in [2.75, 3.05) is 18.4 Å². The molecule has 1 atom stereocenters. The predicted octanol–water partition coefficient (Wildman–Crippen LogP) is 4.08. The third-order valence-corrected chi connectivity index (χ3v) is 5.77. The number of carbonyl (C=O) groups excluding carboxylic acids is 1. The molecule has 1 amide bonds. The minimum atomic E-state index is -0.510. The number of pyridine rings is 1. The van der Waals surface area contributed by atoms with Gasteiger partial charge in [0.05, 0.1) is 17.5 Å². The minimum Gasteiger partial charge on any atom is -0.365 e. The second-order valence-electron chi connectivity index (χ2n) is 7.97. The van der Waals surface area contributed by atoms with Gasteiger partial charge in [0.1, 0.15) is 11.6 Å². The highest BCUT2D eigenvalue weighted by Gasteiger charge is 2.28. The number of anilines is 1. The summed E-state index contributed by atoms with van der Waals surface area (Å²) < 4.78 is 14.6. The molecule has 0 saturated carbocycles. The van der Waals surface area contributed by atoms with Gasteiger partial charge in [0.15, 0.2) is 0 Å². The molecule has 1 aliphatic rings. The Kier molecular flexibility index (Phi) is 5.46. The van der Waals surface area contributed by atoms with Crippen LogP contribution in [-0.2, 0) is 6.42 Å². The van der Waals surface area contributed by atoms with Gasteiger partial charge < -0.3 is 10.2 Å². The number of halogens is 1. The SMILES string of the molecule is O=C(c1cc(Cc2nncc3ccccc23)ccc1F)N1CC[C@@H](Nc2ccccn2)C1. The van der Waals surface area contributed by atoms with E-state index in [9.17, 15) is 9.18 Å². The Bertz CT molecular complexity index is 1260. The molecule has 160 valence electrons. The van der Waals surface area contributed by atoms with E-state index in [1.165, 1.54) is 6.07 Å². The smallest absolute Gasteiger partial charge is 0.256 e. The summed E-state index contributed by atoms with van der Waals surface area (Å²) in [5.41, 5.74) is 1.71. The molecule has 6 nitrogen and oxygen atoms in total. The van der Waals surface area contributed by atoms with Gasteiger partial charge in [-0.3, -0.25) is 4.79 Å². The maximum atomic E-state index is 14.6. The first-order chi connectivity index (χ1) is 15.7. The summed E-state index contributed by atoms with van der Waals surface area (Å²) in [6, 6.07) is 18.3. The van der Waals surface area contributed by atoms with Gasteiger partial charge in [-0.25, -0.2) is 9.37 Å². The van der Waals surface area contributed by atoms with Crippen molar-refractivity contribution < 1.29 is 9.18 Å². The normalized spacial score (nSPS) is 15.8. The number of hydrogen-bond donors (Lipinski definition) is 1. The highest BCUT2D eigenvalue weighted by atomic mass is 19.1. The third kappa shape index (κ3) is 4.14. The first-order valence-corrected chi connectivity index (χ1v) is 10.6. The van der Waals surface area contributed by atoms with E-state index >= 15 is 0 Å². The Balaban J connectivity index is 1.33. The summed E-state index contributed by atoms with van der Waals surface area (Å²) in [4.78, 5) is 19.1. The number of nitrogens with one attached hydrogen (secondary N) is 1. The minimum absolute atomic E-state index is 0.0889. The van der Waals surface area contributed by atoms with Crippen molar-refractivity contribution in [3.63, 3.8) is 0 Å². The first kappa shape index (κ1) is 20.1. The number of nitrogens with zero attached hydrogens (tertiary/aromatic N) is 4. The number of fused-ring (bicyclic) bond motifs is 1. The average Bonchev–Trinajstić information content (AvgIpc) is 3.29. The van der Waals surface area contributed by atoms with Crippen molar-refractivity contribution in [1.29, 1.82) is 0 Å². The molecule has 3 heterocycles. The summed E-state index contributed by atoms with van der Waals surface area (Å²) >= 11 is 0. The van der Waals surface area contributed by atoms with Gasteiger partial charge in [0.2, 0.25) is 0 Å². The van der Waals surface area contributed by atoms with Crippen LogP contribution in [0.1, 0.15) is 28.0 Å². The number of likely N-dealkylation sites (tertiary alicyclic amines) is 1. The summed E-state index contributed by atoms with van der Waals surface area (Å²) in [7, 11) is 0. The van der Waals surface area contributed by atoms with E-state index in [1.54, 1.807) is 29.4 Å². The lowest BCUT2D eigenvalue weighted by Crippen LogP contribution is -2.32. The van der Waals surface area contributed by atoms with Crippen LogP contribution in [-0.4, -0.2) is 45.1 Å². The predicted molar refractivity (Wildman–Crippen MR) is 121 cm³/mol. The first-order valence-electron chi connectivity index (χ1n) is 10.6. The molecule has 32 heavy (non-hydrogen) atoms. The Labute approximate surface area is 185 Å². The highest BCUT2D eigenvalue weighted by molar-refractivity contribution is 5.95. The van der Waals surface area contributed by atoms with E-state index in [2.05, 4.69) is 20.5 Å². The van der Waals surface area contributed by atoms with Crippen LogP contribution in [0.5, 0.6) is 0 Å². The summed E-state index contributed by atoms with van der Waals surface area (Å²) in [5.74, 6) is -0.0289. The van der Waals surface area contributed by atoms with Gasteiger partial charge in [0, 0.05) is 42.5 Å². The lowest BCUT2D eigenvalue weighted by Gasteiger charge is -2.18. The molecular formula is C25H22FN5O. The van der Waals surface area contributed by atoms with Crippen molar-refractivity contribution in [2.45, 2.75) is 18.9 Å². The molecule has 0 spiro atoms. The molecule has 0 bridgehead atoms. The number of amides is 1. The Morgan fingerprint density at radius 2 is 2.00 bits per heavy atom. The second kappa shape index (κ2) is 8.70. The van der Waals surface area contributed by atoms with E-state index in [-0.39, 0.29) is 17.5 Å². The van der Waals surface area contributed by atoms with Gasteiger partial charge in [-0.2, -0.15) is 10.2 Å². The third-order valence-electron chi connectivity index (χ3n) is 5.77. The van der Waals surface area contributed by atoms with Crippen LogP contribution < -0.4 is 5.32 Å².